The highest BCUT2D eigenvalue weighted by Gasteiger charge is 2.40. The Morgan fingerprint density at radius 1 is 1.23 bits per heavy atom. The van der Waals surface area contributed by atoms with Crippen molar-refractivity contribution in [1.29, 1.82) is 0 Å². The van der Waals surface area contributed by atoms with Crippen molar-refractivity contribution in [3.05, 3.63) is 84.6 Å². The third-order valence-corrected chi connectivity index (χ3v) is 5.90. The van der Waals surface area contributed by atoms with E-state index in [-0.39, 0.29) is 0 Å². The van der Waals surface area contributed by atoms with Crippen LogP contribution in [0.5, 0.6) is 0 Å². The topological polar surface area (TPSA) is 88.2 Å². The molecule has 2 aromatic carbocycles. The predicted octanol–water partition coefficient (Wildman–Crippen LogP) is 4.56. The minimum Gasteiger partial charge on any atom is -0.383 e. The number of carbonyl (C=O) groups is 1. The Hall–Kier alpha value is -3.44. The van der Waals surface area contributed by atoms with Crippen LogP contribution in [0.1, 0.15) is 25.3 Å². The summed E-state index contributed by atoms with van der Waals surface area (Å²) in [7, 11) is 0. The molecule has 0 spiro atoms. The third kappa shape index (κ3) is 3.72. The standard InChI is InChI=1S/C25H25N3O2/c1-2-25(13-6-9-19(16-25)17-7-4-3-5-8-17)22(29)24(30)28-20-10-11-21-18(15-20)12-14-27-23(21)26/h3-15,22,29H,2,16H2,1H3,(H2,26,27)(H,28,30). The molecule has 0 saturated heterocycles. The normalized spacial score (nSPS) is 19.3. The van der Waals surface area contributed by atoms with Gasteiger partial charge in [0.1, 0.15) is 11.9 Å². The van der Waals surface area contributed by atoms with E-state index in [4.69, 9.17) is 5.73 Å². The Bertz CT molecular complexity index is 1140. The van der Waals surface area contributed by atoms with Gasteiger partial charge in [-0.25, -0.2) is 4.98 Å². The van der Waals surface area contributed by atoms with E-state index >= 15 is 0 Å². The third-order valence-electron chi connectivity index (χ3n) is 5.90. The number of aromatic nitrogens is 1. The molecule has 1 aliphatic carbocycles. The van der Waals surface area contributed by atoms with E-state index < -0.39 is 17.4 Å². The van der Waals surface area contributed by atoms with Crippen LogP contribution in [0.25, 0.3) is 16.3 Å². The van der Waals surface area contributed by atoms with Crippen LogP contribution < -0.4 is 11.1 Å². The first-order valence-corrected chi connectivity index (χ1v) is 10.1. The first-order valence-electron chi connectivity index (χ1n) is 10.1. The van der Waals surface area contributed by atoms with Crippen molar-refractivity contribution in [2.24, 2.45) is 5.41 Å². The van der Waals surface area contributed by atoms with Crippen LogP contribution in [0.2, 0.25) is 0 Å². The molecule has 1 amide bonds. The SMILES string of the molecule is CCC1(C(O)C(=O)Nc2ccc3c(N)nccc3c2)C=CC=C(c2ccccc2)C1. The number of nitrogens with one attached hydrogen (secondary N) is 1. The second-order valence-electron chi connectivity index (χ2n) is 7.70. The average molecular weight is 399 g/mol. The van der Waals surface area contributed by atoms with Gasteiger partial charge < -0.3 is 16.2 Å². The Morgan fingerprint density at radius 3 is 2.80 bits per heavy atom. The van der Waals surface area contributed by atoms with Crippen molar-refractivity contribution in [1.82, 2.24) is 4.98 Å². The van der Waals surface area contributed by atoms with Crippen LogP contribution in [0, 0.1) is 5.41 Å². The summed E-state index contributed by atoms with van der Waals surface area (Å²) >= 11 is 0. The van der Waals surface area contributed by atoms with Gasteiger partial charge in [0.15, 0.2) is 0 Å². The van der Waals surface area contributed by atoms with Crippen LogP contribution in [0.4, 0.5) is 11.5 Å². The molecule has 1 aromatic heterocycles. The molecule has 1 heterocycles. The van der Waals surface area contributed by atoms with Crippen molar-refractivity contribution in [3.63, 3.8) is 0 Å². The number of hydrogen-bond acceptors (Lipinski definition) is 4. The number of aliphatic hydroxyl groups is 1. The van der Waals surface area contributed by atoms with Crippen molar-refractivity contribution in [2.75, 3.05) is 11.1 Å². The summed E-state index contributed by atoms with van der Waals surface area (Å²) in [5.74, 6) is 0.0279. The molecule has 0 radical (unpaired) electrons. The van der Waals surface area contributed by atoms with Crippen LogP contribution in [0.15, 0.2) is 79.0 Å². The smallest absolute Gasteiger partial charge is 0.254 e. The molecule has 5 heteroatoms. The fourth-order valence-corrected chi connectivity index (χ4v) is 4.05. The first-order chi connectivity index (χ1) is 14.5. The van der Waals surface area contributed by atoms with Gasteiger partial charge >= 0.3 is 0 Å². The van der Waals surface area contributed by atoms with E-state index in [0.29, 0.717) is 24.3 Å². The van der Waals surface area contributed by atoms with Gasteiger partial charge in [0.25, 0.3) is 5.91 Å². The summed E-state index contributed by atoms with van der Waals surface area (Å²) in [5.41, 5.74) is 8.07. The molecule has 5 nitrogen and oxygen atoms in total. The number of fused-ring (bicyclic) bond motifs is 1. The molecule has 0 fully saturated rings. The molecule has 4 N–H and O–H groups in total. The maximum atomic E-state index is 13.0. The average Bonchev–Trinajstić information content (AvgIpc) is 2.79. The fourth-order valence-electron chi connectivity index (χ4n) is 4.05. The van der Waals surface area contributed by atoms with E-state index in [0.717, 1.165) is 21.9 Å². The molecule has 30 heavy (non-hydrogen) atoms. The number of nitrogens with zero attached hydrogens (tertiary/aromatic N) is 1. The van der Waals surface area contributed by atoms with E-state index in [1.807, 2.05) is 67.6 Å². The Labute approximate surface area is 175 Å². The maximum Gasteiger partial charge on any atom is 0.254 e. The number of pyridine rings is 1. The number of benzene rings is 2. The van der Waals surface area contributed by atoms with Gasteiger partial charge in [-0.1, -0.05) is 55.5 Å². The van der Waals surface area contributed by atoms with Gasteiger partial charge in [-0.05, 0) is 53.6 Å². The highest BCUT2D eigenvalue weighted by atomic mass is 16.3. The monoisotopic (exact) mass is 399 g/mol. The zero-order valence-corrected chi connectivity index (χ0v) is 16.9. The van der Waals surface area contributed by atoms with Crippen LogP contribution in [-0.2, 0) is 4.79 Å². The molecule has 152 valence electrons. The summed E-state index contributed by atoms with van der Waals surface area (Å²) in [6.45, 7) is 2.00. The number of anilines is 2. The zero-order valence-electron chi connectivity index (χ0n) is 16.9. The molecule has 0 saturated carbocycles. The van der Waals surface area contributed by atoms with Crippen LogP contribution in [-0.4, -0.2) is 22.1 Å². The molecule has 2 atom stereocenters. The lowest BCUT2D eigenvalue weighted by molar-refractivity contribution is -0.129. The number of rotatable bonds is 5. The van der Waals surface area contributed by atoms with E-state index in [1.165, 1.54) is 0 Å². The number of aliphatic hydroxyl groups excluding tert-OH is 1. The summed E-state index contributed by atoms with van der Waals surface area (Å²) in [6, 6.07) is 17.3. The highest BCUT2D eigenvalue weighted by molar-refractivity contribution is 5.99. The molecule has 0 aliphatic heterocycles. The van der Waals surface area contributed by atoms with Crippen molar-refractivity contribution in [2.45, 2.75) is 25.9 Å². The summed E-state index contributed by atoms with van der Waals surface area (Å²) in [5, 5.41) is 15.6. The summed E-state index contributed by atoms with van der Waals surface area (Å²) < 4.78 is 0. The minimum absolute atomic E-state index is 0.419. The number of carbonyl (C=O) groups excluding carboxylic acids is 1. The lowest BCUT2D eigenvalue weighted by Gasteiger charge is -2.36. The van der Waals surface area contributed by atoms with Gasteiger partial charge in [0.05, 0.1) is 0 Å². The van der Waals surface area contributed by atoms with Crippen molar-refractivity contribution >= 4 is 33.8 Å². The molecular formula is C25H25N3O2. The lowest BCUT2D eigenvalue weighted by Crippen LogP contribution is -2.43. The largest absolute Gasteiger partial charge is 0.383 e. The molecular weight excluding hydrogens is 374 g/mol. The van der Waals surface area contributed by atoms with Crippen LogP contribution in [0.3, 0.4) is 0 Å². The second kappa shape index (κ2) is 8.13. The quantitative estimate of drug-likeness (QED) is 0.587. The number of nitrogens with two attached hydrogens (primary N) is 1. The highest BCUT2D eigenvalue weighted by Crippen LogP contribution is 2.42. The molecule has 4 rings (SSSR count). The van der Waals surface area contributed by atoms with E-state index in [9.17, 15) is 9.90 Å². The van der Waals surface area contributed by atoms with Gasteiger partial charge in [-0.2, -0.15) is 0 Å². The van der Waals surface area contributed by atoms with Crippen LogP contribution >= 0.6 is 0 Å². The second-order valence-corrected chi connectivity index (χ2v) is 7.70. The summed E-state index contributed by atoms with van der Waals surface area (Å²) in [4.78, 5) is 17.0. The predicted molar refractivity (Wildman–Crippen MR) is 122 cm³/mol. The Morgan fingerprint density at radius 2 is 2.03 bits per heavy atom. The minimum atomic E-state index is -1.18. The van der Waals surface area contributed by atoms with Gasteiger partial charge in [-0.3, -0.25) is 4.79 Å². The maximum absolute atomic E-state index is 13.0. The molecule has 2 unspecified atom stereocenters. The van der Waals surface area contributed by atoms with Crippen molar-refractivity contribution in [3.8, 4) is 0 Å². The lowest BCUT2D eigenvalue weighted by atomic mass is 9.70. The molecule has 0 bridgehead atoms. The number of nitrogen functional groups attached to an aromatic ring is 1. The zero-order chi connectivity index (χ0) is 21.1. The van der Waals surface area contributed by atoms with Gasteiger partial charge in [0.2, 0.25) is 0 Å². The first kappa shape index (κ1) is 19.9. The Balaban J connectivity index is 1.55. The molecule has 3 aromatic rings. The van der Waals surface area contributed by atoms with Gasteiger partial charge in [-0.15, -0.1) is 0 Å². The van der Waals surface area contributed by atoms with Gasteiger partial charge in [0, 0.05) is 22.7 Å². The van der Waals surface area contributed by atoms with E-state index in [2.05, 4.69) is 16.4 Å². The fraction of sp³-hybridized carbons (Fsp3) is 0.200. The summed E-state index contributed by atoms with van der Waals surface area (Å²) in [6.07, 6.45) is 7.64. The van der Waals surface area contributed by atoms with Crippen molar-refractivity contribution < 1.29 is 9.90 Å². The van der Waals surface area contributed by atoms with E-state index in [1.54, 1.807) is 12.3 Å². The number of allylic oxidation sites excluding steroid dienone is 3. The number of hydrogen-bond donors (Lipinski definition) is 3. The molecule has 1 aliphatic rings. The number of amides is 1. The Kier molecular flexibility index (Phi) is 5.38.